The van der Waals surface area contributed by atoms with Crippen molar-refractivity contribution in [2.24, 2.45) is 0 Å². The van der Waals surface area contributed by atoms with Crippen molar-refractivity contribution in [1.29, 1.82) is 0 Å². The largest absolute Gasteiger partial charge is 0.208 e. The highest BCUT2D eigenvalue weighted by molar-refractivity contribution is 7.26. The van der Waals surface area contributed by atoms with Crippen molar-refractivity contribution >= 4 is 96.7 Å². The zero-order valence-corrected chi connectivity index (χ0v) is 23.7. The van der Waals surface area contributed by atoms with E-state index in [4.69, 9.17) is 15.0 Å². The number of rotatable bonds is 1. The number of aromatic nitrogens is 3. The third kappa shape index (κ3) is 3.33. The molecule has 0 atom stereocenters. The van der Waals surface area contributed by atoms with Crippen LogP contribution in [0.5, 0.6) is 0 Å². The third-order valence-electron chi connectivity index (χ3n) is 8.85. The van der Waals surface area contributed by atoms with Crippen molar-refractivity contribution in [3.63, 3.8) is 0 Å². The third-order valence-corrected chi connectivity index (χ3v) is 9.99. The van der Waals surface area contributed by atoms with Gasteiger partial charge in [0.2, 0.25) is 0 Å². The molecule has 0 unspecified atom stereocenters. The van der Waals surface area contributed by atoms with E-state index in [0.717, 1.165) is 21.7 Å². The maximum Gasteiger partial charge on any atom is 0.164 e. The minimum absolute atomic E-state index is 0.683. The van der Waals surface area contributed by atoms with Crippen LogP contribution in [0.1, 0.15) is 0 Å². The summed E-state index contributed by atoms with van der Waals surface area (Å²) in [5.41, 5.74) is 2.38. The average molecular weight is 564 g/mol. The van der Waals surface area contributed by atoms with Gasteiger partial charge in [-0.1, -0.05) is 103 Å². The Bertz CT molecular complexity index is 2800. The Labute approximate surface area is 249 Å². The molecule has 0 aliphatic carbocycles. The highest BCUT2D eigenvalue weighted by atomic mass is 32.1. The Morgan fingerprint density at radius 2 is 1.02 bits per heavy atom. The number of thiophene rings is 1. The Morgan fingerprint density at radius 1 is 0.372 bits per heavy atom. The molecular weight excluding hydrogens is 543 g/mol. The fourth-order valence-corrected chi connectivity index (χ4v) is 7.93. The van der Waals surface area contributed by atoms with Crippen LogP contribution in [0.25, 0.3) is 96.7 Å². The van der Waals surface area contributed by atoms with Crippen LogP contribution in [0.4, 0.5) is 0 Å². The smallest absolute Gasteiger partial charge is 0.164 e. The molecule has 198 valence electrons. The van der Waals surface area contributed by atoms with Gasteiger partial charge >= 0.3 is 0 Å². The summed E-state index contributed by atoms with van der Waals surface area (Å²) in [7, 11) is 0. The molecule has 10 aromatic rings. The lowest BCUT2D eigenvalue weighted by molar-refractivity contribution is 1.18. The first kappa shape index (κ1) is 23.1. The van der Waals surface area contributed by atoms with E-state index in [-0.39, 0.29) is 0 Å². The van der Waals surface area contributed by atoms with E-state index < -0.39 is 0 Å². The zero-order valence-electron chi connectivity index (χ0n) is 22.9. The molecule has 0 spiro atoms. The Balaban J connectivity index is 1.35. The molecule has 0 saturated heterocycles. The molecule has 0 aliphatic heterocycles. The van der Waals surface area contributed by atoms with E-state index in [1.165, 1.54) is 57.9 Å². The van der Waals surface area contributed by atoms with E-state index in [1.54, 1.807) is 0 Å². The van der Waals surface area contributed by atoms with Crippen LogP contribution in [-0.2, 0) is 0 Å². The van der Waals surface area contributed by atoms with E-state index >= 15 is 0 Å². The molecule has 0 saturated carbocycles. The molecule has 10 rings (SSSR count). The molecule has 3 heterocycles. The summed E-state index contributed by atoms with van der Waals surface area (Å²) in [6, 6.07) is 45.8. The first-order chi connectivity index (χ1) is 21.3. The predicted molar refractivity (Wildman–Crippen MR) is 183 cm³/mol. The van der Waals surface area contributed by atoms with Gasteiger partial charge in [0.1, 0.15) is 0 Å². The maximum absolute atomic E-state index is 5.17. The first-order valence-corrected chi connectivity index (χ1v) is 15.3. The van der Waals surface area contributed by atoms with Crippen LogP contribution in [0.3, 0.4) is 0 Å². The summed E-state index contributed by atoms with van der Waals surface area (Å²) < 4.78 is 2.51. The molecule has 4 heteroatoms. The van der Waals surface area contributed by atoms with Crippen molar-refractivity contribution in [2.75, 3.05) is 0 Å². The van der Waals surface area contributed by atoms with Gasteiger partial charge in [-0.15, -0.1) is 11.3 Å². The molecular formula is C39H21N3S. The second kappa shape index (κ2) is 8.54. The number of fused-ring (bicyclic) bond motifs is 12. The van der Waals surface area contributed by atoms with Crippen molar-refractivity contribution in [2.45, 2.75) is 0 Å². The Hall–Kier alpha value is -5.45. The average Bonchev–Trinajstić information content (AvgIpc) is 3.45. The van der Waals surface area contributed by atoms with Gasteiger partial charge in [0, 0.05) is 36.5 Å². The second-order valence-electron chi connectivity index (χ2n) is 11.2. The van der Waals surface area contributed by atoms with Gasteiger partial charge < -0.3 is 0 Å². The summed E-state index contributed by atoms with van der Waals surface area (Å²) in [6.45, 7) is 0. The molecule has 3 aromatic heterocycles. The molecule has 0 fully saturated rings. The highest BCUT2D eigenvalue weighted by Gasteiger charge is 2.14. The summed E-state index contributed by atoms with van der Waals surface area (Å²) in [4.78, 5) is 15.4. The van der Waals surface area contributed by atoms with Crippen molar-refractivity contribution in [3.8, 4) is 11.4 Å². The van der Waals surface area contributed by atoms with Crippen LogP contribution >= 0.6 is 11.3 Å². The van der Waals surface area contributed by atoms with E-state index in [2.05, 4.69) is 127 Å². The molecule has 7 aromatic carbocycles. The van der Waals surface area contributed by atoms with E-state index in [1.807, 2.05) is 11.3 Å². The molecule has 0 N–H and O–H groups in total. The van der Waals surface area contributed by atoms with Crippen LogP contribution in [0.15, 0.2) is 127 Å². The number of benzene rings is 7. The SMILES string of the molecule is c1ccc2c(c1)ccc1c3cc(-c4nc5nc(n4)c4cccc6sc7ccc(cc7c64)c4ccccc54)ccc3ccc21. The molecule has 0 radical (unpaired) electrons. The van der Waals surface area contributed by atoms with E-state index in [9.17, 15) is 0 Å². The standard InChI is InChI=1S/C39H21N3S/c1-2-7-26-22(6-1)14-18-29-28(26)17-15-23-12-13-25(21-32(23)29)37-40-38-30-9-4-3-8-27(30)24-16-19-34-33(20-24)36-31(39(41-37)42-38)10-5-11-35(36)43-34/h1-21H. The minimum atomic E-state index is 0.683. The molecule has 43 heavy (non-hydrogen) atoms. The number of hydrogen-bond acceptors (Lipinski definition) is 4. The van der Waals surface area contributed by atoms with Crippen LogP contribution < -0.4 is 0 Å². The molecule has 0 aliphatic rings. The van der Waals surface area contributed by atoms with Gasteiger partial charge in [-0.25, -0.2) is 15.0 Å². The lowest BCUT2D eigenvalue weighted by Gasteiger charge is -2.10. The van der Waals surface area contributed by atoms with E-state index in [0.29, 0.717) is 17.1 Å². The monoisotopic (exact) mass is 563 g/mol. The predicted octanol–water partition coefficient (Wildman–Crippen LogP) is 10.8. The summed E-state index contributed by atoms with van der Waals surface area (Å²) in [5, 5.41) is 14.2. The normalized spacial score (nSPS) is 12.2. The van der Waals surface area contributed by atoms with Crippen molar-refractivity contribution in [3.05, 3.63) is 127 Å². The Kier molecular flexibility index (Phi) is 4.60. The van der Waals surface area contributed by atoms with Gasteiger partial charge in [0.25, 0.3) is 0 Å². The Morgan fingerprint density at radius 3 is 1.88 bits per heavy atom. The fourth-order valence-electron chi connectivity index (χ4n) is 6.81. The van der Waals surface area contributed by atoms with Crippen molar-refractivity contribution < 1.29 is 0 Å². The highest BCUT2D eigenvalue weighted by Crippen LogP contribution is 2.40. The van der Waals surface area contributed by atoms with Crippen LogP contribution in [0, 0.1) is 0 Å². The summed E-state index contributed by atoms with van der Waals surface area (Å²) >= 11 is 1.82. The van der Waals surface area contributed by atoms with Gasteiger partial charge in [0.05, 0.1) is 0 Å². The maximum atomic E-state index is 5.17. The zero-order chi connectivity index (χ0) is 28.1. The van der Waals surface area contributed by atoms with Crippen LogP contribution in [0.2, 0.25) is 0 Å². The van der Waals surface area contributed by atoms with Crippen molar-refractivity contribution in [1.82, 2.24) is 15.0 Å². The molecule has 3 nitrogen and oxygen atoms in total. The van der Waals surface area contributed by atoms with Gasteiger partial charge in [-0.05, 0) is 67.4 Å². The number of nitrogens with zero attached hydrogens (tertiary/aromatic N) is 3. The molecule has 4 bridgehead atoms. The van der Waals surface area contributed by atoms with Gasteiger partial charge in [0.15, 0.2) is 17.1 Å². The second-order valence-corrected chi connectivity index (χ2v) is 12.3. The fraction of sp³-hybridized carbons (Fsp3) is 0. The number of hydrogen-bond donors (Lipinski definition) is 0. The lowest BCUT2D eigenvalue weighted by Crippen LogP contribution is -1.95. The quantitative estimate of drug-likeness (QED) is 0.186. The first-order valence-electron chi connectivity index (χ1n) is 14.4. The van der Waals surface area contributed by atoms with Crippen LogP contribution in [-0.4, -0.2) is 15.0 Å². The molecule has 0 amide bonds. The minimum Gasteiger partial charge on any atom is -0.208 e. The summed E-state index contributed by atoms with van der Waals surface area (Å²) in [6.07, 6.45) is 0. The van der Waals surface area contributed by atoms with Gasteiger partial charge in [-0.2, -0.15) is 0 Å². The topological polar surface area (TPSA) is 38.7 Å². The lowest BCUT2D eigenvalue weighted by atomic mass is 9.96. The summed E-state index contributed by atoms with van der Waals surface area (Å²) in [5.74, 6) is 0.683. The van der Waals surface area contributed by atoms with Gasteiger partial charge in [-0.3, -0.25) is 0 Å².